The molecule has 0 aromatic heterocycles. The van der Waals surface area contributed by atoms with Gasteiger partial charge in [0.05, 0.1) is 0 Å². The van der Waals surface area contributed by atoms with Crippen LogP contribution in [-0.2, 0) is 6.42 Å². The number of hydrogen-bond acceptors (Lipinski definition) is 3. The van der Waals surface area contributed by atoms with E-state index in [1.807, 2.05) is 0 Å². The second-order valence-electron chi connectivity index (χ2n) is 4.51. The lowest BCUT2D eigenvalue weighted by Gasteiger charge is -2.17. The first kappa shape index (κ1) is 16.2. The summed E-state index contributed by atoms with van der Waals surface area (Å²) >= 11 is 7.33. The quantitative estimate of drug-likeness (QED) is 0.481. The van der Waals surface area contributed by atoms with Crippen LogP contribution in [0, 0.1) is 11.6 Å². The predicted octanol–water partition coefficient (Wildman–Crippen LogP) is 3.78. The van der Waals surface area contributed by atoms with Crippen molar-refractivity contribution in [3.63, 3.8) is 0 Å². The molecule has 2 aromatic rings. The molecule has 0 saturated carbocycles. The van der Waals surface area contributed by atoms with Crippen LogP contribution in [0.5, 0.6) is 0 Å². The van der Waals surface area contributed by atoms with E-state index in [4.69, 9.17) is 17.4 Å². The maximum atomic E-state index is 13.8. The smallest absolute Gasteiger partial charge is 0.136 e. The molecule has 0 aliphatic heterocycles. The fraction of sp³-hybridized carbons (Fsp3) is 0.200. The lowest BCUT2D eigenvalue weighted by molar-refractivity contribution is 0.546. The molecule has 0 amide bonds. The number of benzene rings is 2. The van der Waals surface area contributed by atoms with E-state index in [1.54, 1.807) is 30.3 Å². The zero-order valence-electron chi connectivity index (χ0n) is 11.2. The Hall–Kier alpha value is -1.14. The van der Waals surface area contributed by atoms with Crippen molar-refractivity contribution in [1.82, 2.24) is 5.43 Å². The van der Waals surface area contributed by atoms with Gasteiger partial charge >= 0.3 is 0 Å². The number of rotatable bonds is 6. The van der Waals surface area contributed by atoms with Crippen LogP contribution >= 0.6 is 23.4 Å². The van der Waals surface area contributed by atoms with Gasteiger partial charge in [0, 0.05) is 27.3 Å². The first-order valence-electron chi connectivity index (χ1n) is 6.38. The number of hydrazine groups is 1. The Bertz CT molecular complexity index is 590. The van der Waals surface area contributed by atoms with Crippen molar-refractivity contribution in [2.45, 2.75) is 17.4 Å². The van der Waals surface area contributed by atoms with Gasteiger partial charge in [-0.05, 0) is 30.7 Å². The molecule has 2 rings (SSSR count). The van der Waals surface area contributed by atoms with Crippen molar-refractivity contribution in [2.75, 3.05) is 5.75 Å². The maximum Gasteiger partial charge on any atom is 0.136 e. The minimum absolute atomic E-state index is 0.219. The van der Waals surface area contributed by atoms with E-state index in [0.717, 1.165) is 0 Å². The Labute approximate surface area is 131 Å². The fourth-order valence-corrected chi connectivity index (χ4v) is 3.11. The summed E-state index contributed by atoms with van der Waals surface area (Å²) in [5.74, 6) is 5.36. The van der Waals surface area contributed by atoms with E-state index in [9.17, 15) is 8.78 Å². The molecule has 6 heteroatoms. The van der Waals surface area contributed by atoms with Gasteiger partial charge in [-0.25, -0.2) is 8.78 Å². The van der Waals surface area contributed by atoms with Gasteiger partial charge < -0.3 is 0 Å². The van der Waals surface area contributed by atoms with Gasteiger partial charge in [0.25, 0.3) is 0 Å². The van der Waals surface area contributed by atoms with E-state index >= 15 is 0 Å². The molecule has 112 valence electrons. The number of thioether (sulfide) groups is 1. The molecule has 1 atom stereocenters. The predicted molar refractivity (Wildman–Crippen MR) is 83.3 cm³/mol. The van der Waals surface area contributed by atoms with Gasteiger partial charge in [-0.3, -0.25) is 11.3 Å². The minimum Gasteiger partial charge on any atom is -0.271 e. The minimum atomic E-state index is -0.362. The highest BCUT2D eigenvalue weighted by Crippen LogP contribution is 2.25. The highest BCUT2D eigenvalue weighted by Gasteiger charge is 2.15. The molecular weight excluding hydrogens is 314 g/mol. The summed E-state index contributed by atoms with van der Waals surface area (Å²) in [5, 5.41) is 0.367. The highest BCUT2D eigenvalue weighted by molar-refractivity contribution is 7.99. The zero-order valence-corrected chi connectivity index (χ0v) is 12.7. The van der Waals surface area contributed by atoms with Gasteiger partial charge in [0.15, 0.2) is 0 Å². The number of hydrogen-bond donors (Lipinski definition) is 2. The third kappa shape index (κ3) is 4.41. The number of halogens is 3. The monoisotopic (exact) mass is 328 g/mol. The van der Waals surface area contributed by atoms with Crippen molar-refractivity contribution < 1.29 is 8.78 Å². The van der Waals surface area contributed by atoms with Gasteiger partial charge in [-0.2, -0.15) is 0 Å². The second kappa shape index (κ2) is 7.75. The average Bonchev–Trinajstić information content (AvgIpc) is 2.48. The lowest BCUT2D eigenvalue weighted by Crippen LogP contribution is -2.39. The summed E-state index contributed by atoms with van der Waals surface area (Å²) in [7, 11) is 0. The van der Waals surface area contributed by atoms with Crippen molar-refractivity contribution in [3.8, 4) is 0 Å². The summed E-state index contributed by atoms with van der Waals surface area (Å²) in [6, 6.07) is 10.8. The molecule has 0 spiro atoms. The molecule has 1 unspecified atom stereocenters. The standard InChI is InChI=1S/C15H15ClF2N2S/c16-12-4-3-6-13(17)11(12)8-10(20-19)9-21-15-7-2-1-5-14(15)18/h1-7,10,20H,8-9,19H2. The zero-order chi connectivity index (χ0) is 15.2. The molecule has 2 aromatic carbocycles. The Morgan fingerprint density at radius 3 is 2.48 bits per heavy atom. The van der Waals surface area contributed by atoms with Crippen molar-refractivity contribution in [1.29, 1.82) is 0 Å². The molecular formula is C15H15ClF2N2S. The van der Waals surface area contributed by atoms with Crippen LogP contribution in [0.3, 0.4) is 0 Å². The van der Waals surface area contributed by atoms with Crippen molar-refractivity contribution in [2.24, 2.45) is 5.84 Å². The van der Waals surface area contributed by atoms with Crippen molar-refractivity contribution in [3.05, 3.63) is 64.7 Å². The van der Waals surface area contributed by atoms with Gasteiger partial charge in [0.1, 0.15) is 11.6 Å². The van der Waals surface area contributed by atoms with E-state index in [1.165, 1.54) is 23.9 Å². The summed E-state index contributed by atoms with van der Waals surface area (Å²) in [4.78, 5) is 0.539. The average molecular weight is 329 g/mol. The van der Waals surface area contributed by atoms with Gasteiger partial charge in [-0.15, -0.1) is 11.8 Å². The van der Waals surface area contributed by atoms with E-state index in [0.29, 0.717) is 27.7 Å². The summed E-state index contributed by atoms with van der Waals surface area (Å²) in [6.07, 6.45) is 0.337. The van der Waals surface area contributed by atoms with E-state index in [2.05, 4.69) is 5.43 Å². The summed E-state index contributed by atoms with van der Waals surface area (Å²) in [6.45, 7) is 0. The third-order valence-electron chi connectivity index (χ3n) is 3.02. The molecule has 0 radical (unpaired) electrons. The van der Waals surface area contributed by atoms with Gasteiger partial charge in [0.2, 0.25) is 0 Å². The normalized spacial score (nSPS) is 12.4. The Kier molecular flexibility index (Phi) is 5.99. The fourth-order valence-electron chi connectivity index (χ4n) is 1.89. The van der Waals surface area contributed by atoms with Crippen LogP contribution in [0.15, 0.2) is 47.4 Å². The molecule has 0 heterocycles. The third-order valence-corrected chi connectivity index (χ3v) is 4.59. The highest BCUT2D eigenvalue weighted by atomic mass is 35.5. The second-order valence-corrected chi connectivity index (χ2v) is 5.98. The Morgan fingerprint density at radius 2 is 1.81 bits per heavy atom. The molecule has 0 fully saturated rings. The molecule has 3 N–H and O–H groups in total. The maximum absolute atomic E-state index is 13.8. The Balaban J connectivity index is 2.02. The van der Waals surface area contributed by atoms with Crippen LogP contribution in [0.2, 0.25) is 5.02 Å². The SMILES string of the molecule is NNC(CSc1ccccc1F)Cc1c(F)cccc1Cl. The summed E-state index contributed by atoms with van der Waals surface area (Å²) in [5.41, 5.74) is 3.04. The molecule has 0 saturated heterocycles. The van der Waals surface area contributed by atoms with Gasteiger partial charge in [-0.1, -0.05) is 29.8 Å². The number of nitrogens with one attached hydrogen (secondary N) is 1. The lowest BCUT2D eigenvalue weighted by atomic mass is 10.1. The van der Waals surface area contributed by atoms with Crippen LogP contribution in [0.4, 0.5) is 8.78 Å². The molecule has 2 nitrogen and oxygen atoms in total. The van der Waals surface area contributed by atoms with Crippen LogP contribution in [-0.4, -0.2) is 11.8 Å². The largest absolute Gasteiger partial charge is 0.271 e. The van der Waals surface area contributed by atoms with E-state index in [-0.39, 0.29) is 17.7 Å². The summed E-state index contributed by atoms with van der Waals surface area (Å²) < 4.78 is 27.3. The Morgan fingerprint density at radius 1 is 1.10 bits per heavy atom. The topological polar surface area (TPSA) is 38.0 Å². The van der Waals surface area contributed by atoms with Crippen LogP contribution < -0.4 is 11.3 Å². The molecule has 21 heavy (non-hydrogen) atoms. The van der Waals surface area contributed by atoms with Crippen LogP contribution in [0.25, 0.3) is 0 Å². The first-order chi connectivity index (χ1) is 10.1. The van der Waals surface area contributed by atoms with Crippen LogP contribution in [0.1, 0.15) is 5.56 Å². The molecule has 0 aliphatic rings. The van der Waals surface area contributed by atoms with E-state index < -0.39 is 0 Å². The van der Waals surface area contributed by atoms with Crippen molar-refractivity contribution >= 4 is 23.4 Å². The first-order valence-corrected chi connectivity index (χ1v) is 7.74. The molecule has 0 aliphatic carbocycles. The number of nitrogens with two attached hydrogens (primary N) is 1. The molecule has 0 bridgehead atoms.